The number of fused-ring (bicyclic) bond motifs is 2. The first-order valence-corrected chi connectivity index (χ1v) is 14.2. The topological polar surface area (TPSA) is 102 Å². The zero-order chi connectivity index (χ0) is 23.3. The van der Waals surface area contributed by atoms with Crippen LogP contribution >= 0.6 is 11.8 Å². The van der Waals surface area contributed by atoms with E-state index in [1.54, 1.807) is 11.8 Å². The largest absolute Gasteiger partial charge is 0.481 e. The number of hydrogen-bond donors (Lipinski definition) is 2. The minimum atomic E-state index is -0.825. The maximum Gasteiger partial charge on any atom is 0.313 e. The van der Waals surface area contributed by atoms with E-state index in [0.717, 1.165) is 24.7 Å². The summed E-state index contributed by atoms with van der Waals surface area (Å²) in [5.41, 5.74) is -0.812. The van der Waals surface area contributed by atoms with Gasteiger partial charge < -0.3 is 19.7 Å². The molecule has 0 aliphatic heterocycles. The van der Waals surface area contributed by atoms with Gasteiger partial charge >= 0.3 is 5.97 Å². The number of carbonyl (C=O) groups excluding carboxylic acids is 1. The van der Waals surface area contributed by atoms with Crippen LogP contribution in [0.4, 0.5) is 0 Å². The van der Waals surface area contributed by atoms with Crippen LogP contribution in [-0.2, 0) is 4.79 Å². The number of ether oxygens (including phenoxy) is 1. The Bertz CT molecular complexity index is 938. The number of rotatable bonds is 8. The van der Waals surface area contributed by atoms with E-state index >= 15 is 0 Å². The van der Waals surface area contributed by atoms with Crippen molar-refractivity contribution in [3.63, 3.8) is 0 Å². The Labute approximate surface area is 205 Å². The predicted octanol–water partition coefficient (Wildman–Crippen LogP) is 5.29. The number of carbonyl (C=O) groups is 2. The Morgan fingerprint density at radius 3 is 2.62 bits per heavy atom. The first kappa shape index (κ1) is 22.7. The molecule has 186 valence electrons. The lowest BCUT2D eigenvalue weighted by molar-refractivity contribution is -0.144. The van der Waals surface area contributed by atoms with Gasteiger partial charge in [0.1, 0.15) is 16.9 Å². The van der Waals surface area contributed by atoms with Crippen LogP contribution in [-0.4, -0.2) is 40.0 Å². The molecule has 0 radical (unpaired) electrons. The van der Waals surface area contributed by atoms with Crippen molar-refractivity contribution in [1.82, 2.24) is 10.5 Å². The van der Waals surface area contributed by atoms with E-state index < -0.39 is 11.4 Å². The second-order valence-electron chi connectivity index (χ2n) is 11.6. The standard InChI is InChI=1S/C26H36N2O5S/c29-23(27-20-17-12-15-5-4-8-19(20)16(11-15)13-17)21-22(34-18-6-2-1-3-7-18)24(28-33-21)32-14-26(9-10-26)25(30)31/h15-20H,1-14H2,(H,27,29)(H,30,31). The molecule has 6 rings (SSSR count). The summed E-state index contributed by atoms with van der Waals surface area (Å²) >= 11 is 1.64. The predicted molar refractivity (Wildman–Crippen MR) is 127 cm³/mol. The Hall–Kier alpha value is -1.70. The molecule has 0 spiro atoms. The van der Waals surface area contributed by atoms with Crippen LogP contribution in [0.15, 0.2) is 9.42 Å². The van der Waals surface area contributed by atoms with Crippen molar-refractivity contribution in [3.8, 4) is 5.88 Å². The lowest BCUT2D eigenvalue weighted by Gasteiger charge is -2.29. The lowest BCUT2D eigenvalue weighted by Crippen LogP contribution is -2.42. The number of hydrogen-bond acceptors (Lipinski definition) is 6. The number of amides is 1. The minimum absolute atomic E-state index is 0.0734. The third-order valence-corrected chi connectivity index (χ3v) is 10.8. The summed E-state index contributed by atoms with van der Waals surface area (Å²) in [5, 5.41) is 17.4. The van der Waals surface area contributed by atoms with Gasteiger partial charge in [0.15, 0.2) is 0 Å². The fourth-order valence-corrected chi connectivity index (χ4v) is 8.63. The monoisotopic (exact) mass is 488 g/mol. The fourth-order valence-electron chi connectivity index (χ4n) is 7.29. The fraction of sp³-hybridized carbons (Fsp3) is 0.808. The molecule has 0 saturated heterocycles. The van der Waals surface area contributed by atoms with Crippen molar-refractivity contribution in [2.75, 3.05) is 6.61 Å². The van der Waals surface area contributed by atoms with Gasteiger partial charge in [-0.25, -0.2) is 0 Å². The van der Waals surface area contributed by atoms with Gasteiger partial charge in [0.05, 0.1) is 0 Å². The summed E-state index contributed by atoms with van der Waals surface area (Å²) < 4.78 is 11.5. The maximum atomic E-state index is 13.5. The van der Waals surface area contributed by atoms with Crippen LogP contribution in [0.3, 0.4) is 0 Å². The molecule has 7 nitrogen and oxygen atoms in total. The third kappa shape index (κ3) is 4.24. The van der Waals surface area contributed by atoms with E-state index in [2.05, 4.69) is 10.5 Å². The molecule has 1 amide bonds. The molecule has 5 aliphatic rings. The van der Waals surface area contributed by atoms with Gasteiger partial charge in [-0.05, 0) is 80.2 Å². The third-order valence-electron chi connectivity index (χ3n) is 9.36. The van der Waals surface area contributed by atoms with Crippen LogP contribution in [0, 0.1) is 29.1 Å². The van der Waals surface area contributed by atoms with Crippen molar-refractivity contribution >= 4 is 23.6 Å². The molecule has 1 aromatic heterocycles. The van der Waals surface area contributed by atoms with E-state index in [1.807, 2.05) is 0 Å². The zero-order valence-corrected chi connectivity index (χ0v) is 20.6. The molecule has 2 N–H and O–H groups in total. The number of nitrogens with zero attached hydrogens (tertiary/aromatic N) is 1. The van der Waals surface area contributed by atoms with Gasteiger partial charge in [-0.1, -0.05) is 32.1 Å². The summed E-state index contributed by atoms with van der Waals surface area (Å²) in [5.74, 6) is 2.29. The molecule has 0 aromatic carbocycles. The smallest absolute Gasteiger partial charge is 0.313 e. The first-order chi connectivity index (χ1) is 16.5. The summed E-state index contributed by atoms with van der Waals surface area (Å²) in [6, 6.07) is 0.228. The van der Waals surface area contributed by atoms with Crippen molar-refractivity contribution < 1.29 is 24.0 Å². The van der Waals surface area contributed by atoms with Crippen LogP contribution in [0.25, 0.3) is 0 Å². The SMILES string of the molecule is O=C(NC1C2CC3CCCC1C(C3)C2)c1onc(OCC2(C(=O)O)CC2)c1SC1CCCCC1. The van der Waals surface area contributed by atoms with Crippen LogP contribution < -0.4 is 10.1 Å². The summed E-state index contributed by atoms with van der Waals surface area (Å²) in [6.07, 6.45) is 14.7. The van der Waals surface area contributed by atoms with Gasteiger partial charge in [-0.15, -0.1) is 11.8 Å². The second-order valence-corrected chi connectivity index (χ2v) is 12.9. The quantitative estimate of drug-likeness (QED) is 0.513. The number of carboxylic acids is 1. The average Bonchev–Trinajstić information content (AvgIpc) is 3.51. The highest BCUT2D eigenvalue weighted by atomic mass is 32.2. The molecular formula is C26H36N2O5S. The number of aliphatic carboxylic acids is 1. The van der Waals surface area contributed by atoms with Gasteiger partial charge in [-0.3, -0.25) is 9.59 Å². The van der Waals surface area contributed by atoms with Gasteiger partial charge in [0, 0.05) is 11.3 Å². The number of carboxylic acid groups (broad SMARTS) is 1. The highest BCUT2D eigenvalue weighted by Crippen LogP contribution is 2.53. The van der Waals surface area contributed by atoms with Crippen molar-refractivity contribution in [2.45, 2.75) is 99.7 Å². The highest BCUT2D eigenvalue weighted by Gasteiger charge is 2.52. The molecule has 34 heavy (non-hydrogen) atoms. The summed E-state index contributed by atoms with van der Waals surface area (Å²) in [4.78, 5) is 25.8. The van der Waals surface area contributed by atoms with Crippen molar-refractivity contribution in [1.29, 1.82) is 0 Å². The van der Waals surface area contributed by atoms with Gasteiger partial charge in [-0.2, -0.15) is 0 Å². The molecule has 3 bridgehead atoms. The van der Waals surface area contributed by atoms with Crippen LogP contribution in [0.2, 0.25) is 0 Å². The van der Waals surface area contributed by atoms with Gasteiger partial charge in [0.25, 0.3) is 11.8 Å². The van der Waals surface area contributed by atoms with E-state index in [4.69, 9.17) is 9.26 Å². The molecule has 5 fully saturated rings. The van der Waals surface area contributed by atoms with Crippen LogP contribution in [0.5, 0.6) is 5.88 Å². The highest BCUT2D eigenvalue weighted by molar-refractivity contribution is 8.00. The average molecular weight is 489 g/mol. The summed E-state index contributed by atoms with van der Waals surface area (Å²) in [7, 11) is 0. The maximum absolute atomic E-state index is 13.5. The summed E-state index contributed by atoms with van der Waals surface area (Å²) in [6.45, 7) is 0.0734. The normalized spacial score (nSPS) is 33.9. The molecule has 5 unspecified atom stereocenters. The second kappa shape index (κ2) is 9.07. The molecule has 5 atom stereocenters. The number of aromatic nitrogens is 1. The number of nitrogens with one attached hydrogen (secondary N) is 1. The first-order valence-electron chi connectivity index (χ1n) is 13.4. The minimum Gasteiger partial charge on any atom is -0.481 e. The Morgan fingerprint density at radius 2 is 1.85 bits per heavy atom. The molecule has 1 aromatic rings. The molecule has 5 saturated carbocycles. The van der Waals surface area contributed by atoms with E-state index in [1.165, 1.54) is 57.8 Å². The van der Waals surface area contributed by atoms with E-state index in [-0.39, 0.29) is 30.2 Å². The Morgan fingerprint density at radius 1 is 1.06 bits per heavy atom. The van der Waals surface area contributed by atoms with Gasteiger partial charge in [0.2, 0.25) is 5.76 Å². The lowest BCUT2D eigenvalue weighted by atomic mass is 9.79. The molecule has 8 heteroatoms. The van der Waals surface area contributed by atoms with Crippen molar-refractivity contribution in [3.05, 3.63) is 5.76 Å². The Balaban J connectivity index is 1.21. The number of thioether (sulfide) groups is 1. The zero-order valence-electron chi connectivity index (χ0n) is 19.8. The van der Waals surface area contributed by atoms with E-state index in [9.17, 15) is 14.7 Å². The molecule has 1 heterocycles. The van der Waals surface area contributed by atoms with E-state index in [0.29, 0.717) is 34.8 Å². The Kier molecular flexibility index (Phi) is 6.06. The molecular weight excluding hydrogens is 452 g/mol. The van der Waals surface area contributed by atoms with Crippen LogP contribution in [0.1, 0.15) is 94.0 Å². The van der Waals surface area contributed by atoms with Crippen molar-refractivity contribution in [2.24, 2.45) is 29.1 Å². The molecule has 5 aliphatic carbocycles.